The summed E-state index contributed by atoms with van der Waals surface area (Å²) in [5.41, 5.74) is 5.79. The molecule has 1 unspecified atom stereocenters. The third-order valence-corrected chi connectivity index (χ3v) is 2.04. The summed E-state index contributed by atoms with van der Waals surface area (Å²) in [5.74, 6) is -0.350. The standard InChI is InChI=1S/C10H18BrNO2/c1-8(11)5-3-4-6-14-10(13)7-9(2)12/h7-8H,3-6,12H2,1-2H3/b9-7-. The van der Waals surface area contributed by atoms with Crippen LogP contribution < -0.4 is 5.73 Å². The van der Waals surface area contributed by atoms with Crippen LogP contribution in [0.15, 0.2) is 11.8 Å². The van der Waals surface area contributed by atoms with Gasteiger partial charge in [-0.1, -0.05) is 22.9 Å². The van der Waals surface area contributed by atoms with Crippen molar-refractivity contribution >= 4 is 21.9 Å². The molecule has 3 nitrogen and oxygen atoms in total. The molecule has 82 valence electrons. The summed E-state index contributed by atoms with van der Waals surface area (Å²) in [6, 6.07) is 0. The lowest BCUT2D eigenvalue weighted by atomic mass is 10.2. The minimum Gasteiger partial charge on any atom is -0.462 e. The highest BCUT2D eigenvalue weighted by Gasteiger charge is 1.99. The van der Waals surface area contributed by atoms with Gasteiger partial charge >= 0.3 is 5.97 Å². The molecule has 0 aromatic heterocycles. The second-order valence-corrected chi connectivity index (χ2v) is 4.90. The minimum atomic E-state index is -0.350. The highest BCUT2D eigenvalue weighted by atomic mass is 79.9. The summed E-state index contributed by atoms with van der Waals surface area (Å²) in [6.45, 7) is 4.24. The van der Waals surface area contributed by atoms with Gasteiger partial charge in [-0.05, 0) is 26.2 Å². The topological polar surface area (TPSA) is 52.3 Å². The zero-order valence-corrected chi connectivity index (χ0v) is 10.3. The van der Waals surface area contributed by atoms with Crippen LogP contribution in [0.5, 0.6) is 0 Å². The molecule has 0 saturated heterocycles. The first-order chi connectivity index (χ1) is 6.52. The Bertz CT molecular complexity index is 198. The predicted octanol–water partition coefficient (Wildman–Crippen LogP) is 2.35. The molecule has 0 aromatic carbocycles. The molecule has 0 aliphatic carbocycles. The van der Waals surface area contributed by atoms with E-state index < -0.39 is 0 Å². The lowest BCUT2D eigenvalue weighted by molar-refractivity contribution is -0.137. The number of esters is 1. The number of unbranched alkanes of at least 4 members (excludes halogenated alkanes) is 1. The van der Waals surface area contributed by atoms with Crippen molar-refractivity contribution < 1.29 is 9.53 Å². The summed E-state index contributed by atoms with van der Waals surface area (Å²) in [4.78, 5) is 11.5. The molecule has 2 N–H and O–H groups in total. The minimum absolute atomic E-state index is 0.350. The summed E-state index contributed by atoms with van der Waals surface area (Å²) < 4.78 is 4.92. The SMILES string of the molecule is C/C(N)=C/C(=O)OCCCCC(C)Br. The van der Waals surface area contributed by atoms with Gasteiger partial charge in [-0.25, -0.2) is 4.79 Å². The van der Waals surface area contributed by atoms with E-state index in [1.165, 1.54) is 6.08 Å². The number of hydrogen-bond acceptors (Lipinski definition) is 3. The molecule has 0 amide bonds. The van der Waals surface area contributed by atoms with Crippen molar-refractivity contribution in [1.29, 1.82) is 0 Å². The molecule has 0 saturated carbocycles. The number of ether oxygens (including phenoxy) is 1. The number of halogens is 1. The molecule has 14 heavy (non-hydrogen) atoms. The Balaban J connectivity index is 3.37. The highest BCUT2D eigenvalue weighted by Crippen LogP contribution is 2.08. The number of carbonyl (C=O) groups excluding carboxylic acids is 1. The van der Waals surface area contributed by atoms with Gasteiger partial charge < -0.3 is 10.5 Å². The number of hydrogen-bond donors (Lipinski definition) is 1. The average molecular weight is 264 g/mol. The predicted molar refractivity (Wildman–Crippen MR) is 61.1 cm³/mol. The van der Waals surface area contributed by atoms with E-state index in [2.05, 4.69) is 22.9 Å². The van der Waals surface area contributed by atoms with E-state index in [-0.39, 0.29) is 5.97 Å². The molecule has 0 aromatic rings. The van der Waals surface area contributed by atoms with Crippen molar-refractivity contribution in [2.24, 2.45) is 5.73 Å². The molecule has 0 rings (SSSR count). The Hall–Kier alpha value is -0.510. The number of nitrogens with two attached hydrogens (primary N) is 1. The molecule has 0 heterocycles. The summed E-state index contributed by atoms with van der Waals surface area (Å²) in [7, 11) is 0. The Morgan fingerprint density at radius 1 is 1.57 bits per heavy atom. The maximum Gasteiger partial charge on any atom is 0.332 e. The van der Waals surface area contributed by atoms with Crippen molar-refractivity contribution in [3.8, 4) is 0 Å². The summed E-state index contributed by atoms with van der Waals surface area (Å²) in [5, 5.41) is 0. The van der Waals surface area contributed by atoms with Crippen LogP contribution in [0.1, 0.15) is 33.1 Å². The van der Waals surface area contributed by atoms with Crippen LogP contribution in [-0.2, 0) is 9.53 Å². The first-order valence-electron chi connectivity index (χ1n) is 4.77. The normalized spacial score (nSPS) is 13.8. The van der Waals surface area contributed by atoms with Crippen LogP contribution in [0.25, 0.3) is 0 Å². The molecule has 0 radical (unpaired) electrons. The maximum absolute atomic E-state index is 11.0. The second kappa shape index (κ2) is 7.85. The second-order valence-electron chi connectivity index (χ2n) is 3.33. The fourth-order valence-corrected chi connectivity index (χ4v) is 1.25. The van der Waals surface area contributed by atoms with Crippen molar-refractivity contribution in [3.05, 3.63) is 11.8 Å². The largest absolute Gasteiger partial charge is 0.462 e. The van der Waals surface area contributed by atoms with E-state index in [1.54, 1.807) is 6.92 Å². The first kappa shape index (κ1) is 13.5. The van der Waals surface area contributed by atoms with Gasteiger partial charge in [-0.3, -0.25) is 0 Å². The van der Waals surface area contributed by atoms with Crippen LogP contribution in [-0.4, -0.2) is 17.4 Å². The summed E-state index contributed by atoms with van der Waals surface area (Å²) >= 11 is 3.45. The van der Waals surface area contributed by atoms with Crippen molar-refractivity contribution in [2.45, 2.75) is 37.9 Å². The first-order valence-corrected chi connectivity index (χ1v) is 5.68. The fraction of sp³-hybridized carbons (Fsp3) is 0.700. The maximum atomic E-state index is 11.0. The average Bonchev–Trinajstić information content (AvgIpc) is 2.01. The molecule has 0 bridgehead atoms. The zero-order chi connectivity index (χ0) is 11.0. The number of rotatable bonds is 6. The van der Waals surface area contributed by atoms with E-state index in [0.29, 0.717) is 17.1 Å². The van der Waals surface area contributed by atoms with Gasteiger partial charge in [0, 0.05) is 16.6 Å². The number of carbonyl (C=O) groups is 1. The van der Waals surface area contributed by atoms with Gasteiger partial charge in [0.05, 0.1) is 6.61 Å². The van der Waals surface area contributed by atoms with E-state index in [9.17, 15) is 4.79 Å². The monoisotopic (exact) mass is 263 g/mol. The molecule has 1 atom stereocenters. The van der Waals surface area contributed by atoms with E-state index in [0.717, 1.165) is 19.3 Å². The zero-order valence-electron chi connectivity index (χ0n) is 8.75. The Kier molecular flexibility index (Phi) is 7.57. The molecule has 0 fully saturated rings. The number of alkyl halides is 1. The molecule has 0 aliphatic heterocycles. The van der Waals surface area contributed by atoms with Crippen molar-refractivity contribution in [1.82, 2.24) is 0 Å². The number of allylic oxidation sites excluding steroid dienone is 1. The lowest BCUT2D eigenvalue weighted by Gasteiger charge is -2.03. The van der Waals surface area contributed by atoms with Gasteiger partial charge in [-0.2, -0.15) is 0 Å². The van der Waals surface area contributed by atoms with Crippen molar-refractivity contribution in [2.75, 3.05) is 6.61 Å². The molecule has 4 heteroatoms. The van der Waals surface area contributed by atoms with E-state index in [1.807, 2.05) is 0 Å². The van der Waals surface area contributed by atoms with Gasteiger partial charge in [0.2, 0.25) is 0 Å². The van der Waals surface area contributed by atoms with Crippen LogP contribution in [0, 0.1) is 0 Å². The third kappa shape index (κ3) is 9.58. The lowest BCUT2D eigenvalue weighted by Crippen LogP contribution is -2.05. The molecule has 0 aliphatic rings. The van der Waals surface area contributed by atoms with E-state index in [4.69, 9.17) is 10.5 Å². The molecular weight excluding hydrogens is 246 g/mol. The van der Waals surface area contributed by atoms with Gasteiger partial charge in [0.25, 0.3) is 0 Å². The summed E-state index contributed by atoms with van der Waals surface area (Å²) in [6.07, 6.45) is 4.36. The van der Waals surface area contributed by atoms with Crippen LogP contribution in [0.3, 0.4) is 0 Å². The van der Waals surface area contributed by atoms with E-state index >= 15 is 0 Å². The van der Waals surface area contributed by atoms with Crippen LogP contribution >= 0.6 is 15.9 Å². The fourth-order valence-electron chi connectivity index (χ4n) is 0.928. The quantitative estimate of drug-likeness (QED) is 0.347. The molecule has 0 spiro atoms. The van der Waals surface area contributed by atoms with Crippen molar-refractivity contribution in [3.63, 3.8) is 0 Å². The highest BCUT2D eigenvalue weighted by molar-refractivity contribution is 9.09. The van der Waals surface area contributed by atoms with Gasteiger partial charge in [-0.15, -0.1) is 0 Å². The Labute approximate surface area is 93.8 Å². The third-order valence-electron chi connectivity index (χ3n) is 1.59. The van der Waals surface area contributed by atoms with Crippen LogP contribution in [0.4, 0.5) is 0 Å². The van der Waals surface area contributed by atoms with Gasteiger partial charge in [0.1, 0.15) is 0 Å². The Morgan fingerprint density at radius 3 is 2.71 bits per heavy atom. The molecular formula is C10H18BrNO2. The smallest absolute Gasteiger partial charge is 0.332 e. The van der Waals surface area contributed by atoms with Crippen LogP contribution in [0.2, 0.25) is 0 Å². The van der Waals surface area contributed by atoms with Gasteiger partial charge in [0.15, 0.2) is 0 Å². The Morgan fingerprint density at radius 2 is 2.21 bits per heavy atom.